The first kappa shape index (κ1) is 13.9. The maximum Gasteiger partial charge on any atom is 0.227 e. The molecule has 0 aromatic carbocycles. The highest BCUT2D eigenvalue weighted by Gasteiger charge is 2.30. The first-order valence-electron chi connectivity index (χ1n) is 6.03. The van der Waals surface area contributed by atoms with Crippen molar-refractivity contribution in [3.05, 3.63) is 0 Å². The average molecular weight is 243 g/mol. The number of rotatable bonds is 6. The Morgan fingerprint density at radius 1 is 1.29 bits per heavy atom. The van der Waals surface area contributed by atoms with Gasteiger partial charge in [-0.05, 0) is 6.42 Å². The highest BCUT2D eigenvalue weighted by atomic mass is 16.5. The zero-order chi connectivity index (χ0) is 12.7. The van der Waals surface area contributed by atoms with E-state index in [1.807, 2.05) is 6.92 Å². The molecule has 0 aromatic heterocycles. The Morgan fingerprint density at radius 3 is 2.65 bits per heavy atom. The second kappa shape index (κ2) is 7.24. The molecule has 0 spiro atoms. The van der Waals surface area contributed by atoms with E-state index in [1.165, 1.54) is 0 Å². The summed E-state index contributed by atoms with van der Waals surface area (Å²) >= 11 is 0. The van der Waals surface area contributed by atoms with Crippen molar-refractivity contribution in [1.29, 1.82) is 0 Å². The van der Waals surface area contributed by atoms with Crippen LogP contribution in [-0.2, 0) is 14.3 Å². The van der Waals surface area contributed by atoms with Crippen molar-refractivity contribution in [2.45, 2.75) is 25.8 Å². The maximum atomic E-state index is 11.6. The van der Waals surface area contributed by atoms with Gasteiger partial charge in [-0.3, -0.25) is 9.59 Å². The molecular formula is C11H21N3O3. The highest BCUT2D eigenvalue weighted by molar-refractivity contribution is 5.81. The number of carbonyl (C=O) groups excluding carboxylic acids is 2. The molecule has 0 bridgehead atoms. The van der Waals surface area contributed by atoms with E-state index in [2.05, 4.69) is 10.6 Å². The van der Waals surface area contributed by atoms with Crippen molar-refractivity contribution in [3.63, 3.8) is 0 Å². The molecule has 1 rings (SSSR count). The van der Waals surface area contributed by atoms with E-state index in [9.17, 15) is 9.59 Å². The third kappa shape index (κ3) is 4.70. The highest BCUT2D eigenvalue weighted by Crippen LogP contribution is 2.11. The van der Waals surface area contributed by atoms with Crippen LogP contribution < -0.4 is 16.4 Å². The standard InChI is InChI=1S/C11H21N3O3/c1-2-4-13-10(15)3-5-14-11(16)8-6-17-7-9(8)12/h8-9H,2-7,12H2,1H3,(H,13,15)(H,14,16). The van der Waals surface area contributed by atoms with Gasteiger partial charge in [0.2, 0.25) is 11.8 Å². The van der Waals surface area contributed by atoms with Crippen LogP contribution in [0.25, 0.3) is 0 Å². The second-order valence-electron chi connectivity index (χ2n) is 4.20. The number of nitrogens with two attached hydrogens (primary N) is 1. The molecule has 1 aliphatic rings. The Kier molecular flexibility index (Phi) is 5.93. The third-order valence-electron chi connectivity index (χ3n) is 2.68. The summed E-state index contributed by atoms with van der Waals surface area (Å²) in [6, 6.07) is -0.232. The summed E-state index contributed by atoms with van der Waals surface area (Å²) in [7, 11) is 0. The molecule has 0 aliphatic carbocycles. The molecule has 4 N–H and O–H groups in total. The largest absolute Gasteiger partial charge is 0.379 e. The maximum absolute atomic E-state index is 11.6. The minimum atomic E-state index is -0.284. The lowest BCUT2D eigenvalue weighted by Crippen LogP contribution is -2.42. The van der Waals surface area contributed by atoms with Crippen LogP contribution in [0, 0.1) is 5.92 Å². The second-order valence-corrected chi connectivity index (χ2v) is 4.20. The Labute approximate surface area is 101 Å². The van der Waals surface area contributed by atoms with E-state index in [0.29, 0.717) is 32.7 Å². The summed E-state index contributed by atoms with van der Waals surface area (Å²) in [5, 5.41) is 5.45. The summed E-state index contributed by atoms with van der Waals surface area (Å²) in [5.74, 6) is -0.453. The normalized spacial score (nSPS) is 23.4. The minimum absolute atomic E-state index is 0.0425. The summed E-state index contributed by atoms with van der Waals surface area (Å²) < 4.78 is 5.11. The third-order valence-corrected chi connectivity index (χ3v) is 2.68. The fraction of sp³-hybridized carbons (Fsp3) is 0.818. The number of amides is 2. The number of ether oxygens (including phenoxy) is 1. The predicted molar refractivity (Wildman–Crippen MR) is 63.2 cm³/mol. The number of hydrogen-bond donors (Lipinski definition) is 3. The SMILES string of the molecule is CCCNC(=O)CCNC(=O)C1COCC1N. The minimum Gasteiger partial charge on any atom is -0.379 e. The summed E-state index contributed by atoms with van der Waals surface area (Å²) in [4.78, 5) is 22.9. The number of nitrogens with one attached hydrogen (secondary N) is 2. The zero-order valence-corrected chi connectivity index (χ0v) is 10.2. The lowest BCUT2D eigenvalue weighted by Gasteiger charge is -2.13. The van der Waals surface area contributed by atoms with Gasteiger partial charge >= 0.3 is 0 Å². The molecule has 98 valence electrons. The molecule has 2 amide bonds. The molecule has 0 aromatic rings. The smallest absolute Gasteiger partial charge is 0.227 e. The summed E-state index contributed by atoms with van der Waals surface area (Å²) in [6.07, 6.45) is 1.21. The van der Waals surface area contributed by atoms with Gasteiger partial charge in [0.05, 0.1) is 19.1 Å². The van der Waals surface area contributed by atoms with Crippen molar-refractivity contribution in [3.8, 4) is 0 Å². The molecule has 2 atom stereocenters. The van der Waals surface area contributed by atoms with Crippen LogP contribution in [0.1, 0.15) is 19.8 Å². The number of hydrogen-bond acceptors (Lipinski definition) is 4. The molecular weight excluding hydrogens is 222 g/mol. The first-order valence-corrected chi connectivity index (χ1v) is 6.03. The van der Waals surface area contributed by atoms with Gasteiger partial charge < -0.3 is 21.1 Å². The summed E-state index contributed by atoms with van der Waals surface area (Å²) in [5.41, 5.74) is 5.71. The lowest BCUT2D eigenvalue weighted by atomic mass is 10.0. The van der Waals surface area contributed by atoms with E-state index in [4.69, 9.17) is 10.5 Å². The van der Waals surface area contributed by atoms with Crippen molar-refractivity contribution in [2.24, 2.45) is 11.7 Å². The molecule has 17 heavy (non-hydrogen) atoms. The Bertz CT molecular complexity index is 271. The van der Waals surface area contributed by atoms with Crippen LogP contribution in [-0.4, -0.2) is 44.2 Å². The topological polar surface area (TPSA) is 93.5 Å². The predicted octanol–water partition coefficient (Wildman–Crippen LogP) is -1.01. The van der Waals surface area contributed by atoms with E-state index in [-0.39, 0.29) is 23.8 Å². The molecule has 2 unspecified atom stereocenters. The molecule has 1 fully saturated rings. The van der Waals surface area contributed by atoms with Crippen LogP contribution in [0.5, 0.6) is 0 Å². The molecule has 6 heteroatoms. The van der Waals surface area contributed by atoms with Gasteiger partial charge in [-0.25, -0.2) is 0 Å². The molecule has 1 aliphatic heterocycles. The zero-order valence-electron chi connectivity index (χ0n) is 10.2. The fourth-order valence-corrected chi connectivity index (χ4v) is 1.62. The molecule has 0 saturated carbocycles. The Morgan fingerprint density at radius 2 is 2.06 bits per heavy atom. The average Bonchev–Trinajstić information content (AvgIpc) is 2.72. The molecule has 0 radical (unpaired) electrons. The van der Waals surface area contributed by atoms with Gasteiger partial charge in [0.15, 0.2) is 0 Å². The van der Waals surface area contributed by atoms with Gasteiger partial charge in [0, 0.05) is 25.6 Å². The monoisotopic (exact) mass is 243 g/mol. The van der Waals surface area contributed by atoms with E-state index >= 15 is 0 Å². The molecule has 6 nitrogen and oxygen atoms in total. The van der Waals surface area contributed by atoms with E-state index in [0.717, 1.165) is 6.42 Å². The van der Waals surface area contributed by atoms with E-state index < -0.39 is 0 Å². The van der Waals surface area contributed by atoms with Crippen LogP contribution in [0.4, 0.5) is 0 Å². The van der Waals surface area contributed by atoms with Crippen molar-refractivity contribution < 1.29 is 14.3 Å². The van der Waals surface area contributed by atoms with Gasteiger partial charge in [-0.1, -0.05) is 6.92 Å². The summed E-state index contributed by atoms with van der Waals surface area (Å²) in [6.45, 7) is 3.80. The molecule has 1 heterocycles. The number of carbonyl (C=O) groups is 2. The van der Waals surface area contributed by atoms with Crippen molar-refractivity contribution in [1.82, 2.24) is 10.6 Å². The fourth-order valence-electron chi connectivity index (χ4n) is 1.62. The van der Waals surface area contributed by atoms with Crippen LogP contribution in [0.3, 0.4) is 0 Å². The van der Waals surface area contributed by atoms with Gasteiger partial charge in [-0.15, -0.1) is 0 Å². The lowest BCUT2D eigenvalue weighted by molar-refractivity contribution is -0.125. The Hall–Kier alpha value is -1.14. The molecule has 1 saturated heterocycles. The van der Waals surface area contributed by atoms with Crippen LogP contribution in [0.15, 0.2) is 0 Å². The van der Waals surface area contributed by atoms with Crippen LogP contribution in [0.2, 0.25) is 0 Å². The first-order chi connectivity index (χ1) is 8.15. The quantitative estimate of drug-likeness (QED) is 0.557. The Balaban J connectivity index is 2.13. The van der Waals surface area contributed by atoms with Gasteiger partial charge in [0.25, 0.3) is 0 Å². The van der Waals surface area contributed by atoms with Crippen molar-refractivity contribution >= 4 is 11.8 Å². The van der Waals surface area contributed by atoms with Crippen molar-refractivity contribution in [2.75, 3.05) is 26.3 Å². The van der Waals surface area contributed by atoms with Gasteiger partial charge in [0.1, 0.15) is 0 Å². The van der Waals surface area contributed by atoms with Gasteiger partial charge in [-0.2, -0.15) is 0 Å². The van der Waals surface area contributed by atoms with Crippen LogP contribution >= 0.6 is 0 Å². The van der Waals surface area contributed by atoms with E-state index in [1.54, 1.807) is 0 Å².